The lowest BCUT2D eigenvalue weighted by Gasteiger charge is -2.31. The summed E-state index contributed by atoms with van der Waals surface area (Å²) < 4.78 is 26.1. The Hall–Kier alpha value is -1.40. The zero-order chi connectivity index (χ0) is 17.2. The Balaban J connectivity index is 1.45. The van der Waals surface area contributed by atoms with Gasteiger partial charge in [0, 0.05) is 25.2 Å². The van der Waals surface area contributed by atoms with E-state index < -0.39 is 10.0 Å². The van der Waals surface area contributed by atoms with Gasteiger partial charge in [-0.05, 0) is 55.7 Å². The van der Waals surface area contributed by atoms with Crippen LogP contribution in [0.15, 0.2) is 24.3 Å². The Morgan fingerprint density at radius 3 is 2.29 bits per heavy atom. The molecule has 0 aromatic heterocycles. The number of nitrogens with one attached hydrogen (secondary N) is 1. The van der Waals surface area contributed by atoms with Crippen LogP contribution in [0, 0.1) is 5.92 Å². The van der Waals surface area contributed by atoms with Gasteiger partial charge >= 0.3 is 0 Å². The average Bonchev–Trinajstić information content (AvgIpc) is 3.46. The average molecular weight is 350 g/mol. The van der Waals surface area contributed by atoms with Crippen LogP contribution in [0.2, 0.25) is 0 Å². The van der Waals surface area contributed by atoms with Crippen molar-refractivity contribution in [1.82, 2.24) is 9.62 Å². The van der Waals surface area contributed by atoms with E-state index in [4.69, 9.17) is 0 Å². The minimum Gasteiger partial charge on any atom is -0.352 e. The van der Waals surface area contributed by atoms with Crippen LogP contribution in [0.1, 0.15) is 48.5 Å². The normalized spacial score (nSPS) is 20.0. The van der Waals surface area contributed by atoms with E-state index in [9.17, 15) is 13.2 Å². The van der Waals surface area contributed by atoms with Crippen LogP contribution in [-0.2, 0) is 16.4 Å². The van der Waals surface area contributed by atoms with Crippen LogP contribution in [0.25, 0.3) is 0 Å². The van der Waals surface area contributed by atoms with Gasteiger partial charge in [0.15, 0.2) is 0 Å². The maximum Gasteiger partial charge on any atom is 0.251 e. The first-order valence-corrected chi connectivity index (χ1v) is 10.4. The lowest BCUT2D eigenvalue weighted by atomic mass is 9.98. The summed E-state index contributed by atoms with van der Waals surface area (Å²) in [7, 11) is -3.05. The van der Waals surface area contributed by atoms with E-state index in [0.29, 0.717) is 31.1 Å². The summed E-state index contributed by atoms with van der Waals surface area (Å²) in [5, 5.41) is 2.86. The van der Waals surface area contributed by atoms with Crippen molar-refractivity contribution in [2.24, 2.45) is 5.92 Å². The van der Waals surface area contributed by atoms with E-state index in [0.717, 1.165) is 32.1 Å². The zero-order valence-corrected chi connectivity index (χ0v) is 15.0. The Kier molecular flexibility index (Phi) is 5.25. The molecule has 2 fully saturated rings. The quantitative estimate of drug-likeness (QED) is 0.855. The van der Waals surface area contributed by atoms with Gasteiger partial charge in [0.2, 0.25) is 10.0 Å². The lowest BCUT2D eigenvalue weighted by Crippen LogP contribution is -2.42. The molecule has 1 saturated carbocycles. The molecule has 1 aromatic carbocycles. The van der Waals surface area contributed by atoms with Gasteiger partial charge in [-0.15, -0.1) is 0 Å². The van der Waals surface area contributed by atoms with Crippen molar-refractivity contribution in [3.8, 4) is 0 Å². The van der Waals surface area contributed by atoms with Gasteiger partial charge in [0.1, 0.15) is 0 Å². The minimum absolute atomic E-state index is 0.0503. The molecule has 0 radical (unpaired) electrons. The van der Waals surface area contributed by atoms with Crippen molar-refractivity contribution in [2.75, 3.05) is 19.6 Å². The summed E-state index contributed by atoms with van der Waals surface area (Å²) in [4.78, 5) is 12.2. The Morgan fingerprint density at radius 2 is 1.75 bits per heavy atom. The van der Waals surface area contributed by atoms with Gasteiger partial charge in [0.05, 0.1) is 5.25 Å². The summed E-state index contributed by atoms with van der Waals surface area (Å²) in [6.45, 7) is 3.88. The summed E-state index contributed by atoms with van der Waals surface area (Å²) >= 11 is 0. The molecule has 1 amide bonds. The Bertz CT molecular complexity index is 673. The van der Waals surface area contributed by atoms with Crippen LogP contribution in [0.3, 0.4) is 0 Å². The molecule has 1 aromatic rings. The molecule has 3 rings (SSSR count). The van der Waals surface area contributed by atoms with Crippen molar-refractivity contribution >= 4 is 15.9 Å². The molecule has 1 aliphatic heterocycles. The van der Waals surface area contributed by atoms with Gasteiger partial charge < -0.3 is 5.32 Å². The number of amides is 1. The minimum atomic E-state index is -3.05. The predicted molar refractivity (Wildman–Crippen MR) is 94.4 cm³/mol. The standard InChI is InChI=1S/C18H26N2O3S/c1-2-14-3-5-16(6-4-14)18(21)19-13-15-9-11-20(12-10-15)24(22,23)17-7-8-17/h3-6,15,17H,2,7-13H2,1H3,(H,19,21). The first-order valence-electron chi connectivity index (χ1n) is 8.87. The van der Waals surface area contributed by atoms with E-state index in [1.165, 1.54) is 5.56 Å². The molecule has 132 valence electrons. The number of aryl methyl sites for hydroxylation is 1. The molecule has 0 atom stereocenters. The number of carbonyl (C=O) groups is 1. The maximum atomic E-state index is 12.2. The molecule has 5 nitrogen and oxygen atoms in total. The number of hydrogen-bond acceptors (Lipinski definition) is 3. The highest BCUT2D eigenvalue weighted by molar-refractivity contribution is 7.90. The van der Waals surface area contributed by atoms with Crippen molar-refractivity contribution < 1.29 is 13.2 Å². The van der Waals surface area contributed by atoms with E-state index in [1.807, 2.05) is 24.3 Å². The van der Waals surface area contributed by atoms with Crippen molar-refractivity contribution in [3.05, 3.63) is 35.4 Å². The number of hydrogen-bond donors (Lipinski definition) is 1. The number of carbonyl (C=O) groups excluding carboxylic acids is 1. The van der Waals surface area contributed by atoms with Gasteiger partial charge in [-0.2, -0.15) is 0 Å². The third kappa shape index (κ3) is 3.98. The lowest BCUT2D eigenvalue weighted by molar-refractivity contribution is 0.0941. The molecular weight excluding hydrogens is 324 g/mol. The number of sulfonamides is 1. The van der Waals surface area contributed by atoms with Gasteiger partial charge in [-0.3, -0.25) is 4.79 Å². The van der Waals surface area contributed by atoms with E-state index >= 15 is 0 Å². The fourth-order valence-electron chi connectivity index (χ4n) is 3.18. The molecular formula is C18H26N2O3S. The summed E-state index contributed by atoms with van der Waals surface area (Å²) in [6, 6.07) is 7.68. The first kappa shape index (κ1) is 17.4. The Morgan fingerprint density at radius 1 is 1.12 bits per heavy atom. The van der Waals surface area contributed by atoms with Crippen molar-refractivity contribution in [3.63, 3.8) is 0 Å². The van der Waals surface area contributed by atoms with Crippen LogP contribution in [0.5, 0.6) is 0 Å². The molecule has 1 saturated heterocycles. The summed E-state index contributed by atoms with van der Waals surface area (Å²) in [6.07, 6.45) is 4.23. The molecule has 6 heteroatoms. The van der Waals surface area contributed by atoms with E-state index in [-0.39, 0.29) is 11.2 Å². The molecule has 1 aliphatic carbocycles. The molecule has 2 aliphatic rings. The third-order valence-corrected chi connectivity index (χ3v) is 7.45. The molecule has 1 heterocycles. The fourth-order valence-corrected chi connectivity index (χ4v) is 5.05. The monoisotopic (exact) mass is 350 g/mol. The third-order valence-electron chi connectivity index (χ3n) is 5.05. The summed E-state index contributed by atoms with van der Waals surface area (Å²) in [5.41, 5.74) is 1.90. The maximum absolute atomic E-state index is 12.2. The predicted octanol–water partition coefficient (Wildman–Crippen LogP) is 2.18. The second-order valence-electron chi connectivity index (χ2n) is 6.85. The number of rotatable bonds is 6. The van der Waals surface area contributed by atoms with E-state index in [1.54, 1.807) is 4.31 Å². The highest BCUT2D eigenvalue weighted by Crippen LogP contribution is 2.33. The van der Waals surface area contributed by atoms with Crippen LogP contribution in [0.4, 0.5) is 0 Å². The van der Waals surface area contributed by atoms with Gasteiger partial charge in [-0.1, -0.05) is 19.1 Å². The van der Waals surface area contributed by atoms with E-state index in [2.05, 4.69) is 12.2 Å². The number of piperidine rings is 1. The smallest absolute Gasteiger partial charge is 0.251 e. The molecule has 1 N–H and O–H groups in total. The zero-order valence-electron chi connectivity index (χ0n) is 14.2. The van der Waals surface area contributed by atoms with Gasteiger partial charge in [-0.25, -0.2) is 12.7 Å². The first-order chi connectivity index (χ1) is 11.5. The van der Waals surface area contributed by atoms with Crippen LogP contribution in [-0.4, -0.2) is 43.5 Å². The molecule has 24 heavy (non-hydrogen) atoms. The summed E-state index contributed by atoms with van der Waals surface area (Å²) in [5.74, 6) is 0.306. The SMILES string of the molecule is CCc1ccc(C(=O)NCC2CCN(S(=O)(=O)C3CC3)CC2)cc1. The fraction of sp³-hybridized carbons (Fsp3) is 0.611. The largest absolute Gasteiger partial charge is 0.352 e. The highest BCUT2D eigenvalue weighted by atomic mass is 32.2. The van der Waals surface area contributed by atoms with Crippen molar-refractivity contribution in [1.29, 1.82) is 0 Å². The molecule has 0 unspecified atom stereocenters. The highest BCUT2D eigenvalue weighted by Gasteiger charge is 2.41. The second-order valence-corrected chi connectivity index (χ2v) is 9.06. The number of benzene rings is 1. The Labute approximate surface area is 144 Å². The second kappa shape index (κ2) is 7.23. The molecule has 0 spiro atoms. The molecule has 0 bridgehead atoms. The topological polar surface area (TPSA) is 66.5 Å². The number of nitrogens with zero attached hydrogens (tertiary/aromatic N) is 1. The van der Waals surface area contributed by atoms with Crippen LogP contribution >= 0.6 is 0 Å². The van der Waals surface area contributed by atoms with Crippen molar-refractivity contribution in [2.45, 2.75) is 44.3 Å². The van der Waals surface area contributed by atoms with Gasteiger partial charge in [0.25, 0.3) is 5.91 Å². The van der Waals surface area contributed by atoms with Crippen LogP contribution < -0.4 is 5.32 Å².